The summed E-state index contributed by atoms with van der Waals surface area (Å²) < 4.78 is 5.16. The molecule has 0 saturated heterocycles. The van der Waals surface area contributed by atoms with Gasteiger partial charge in [0.05, 0.1) is 12.8 Å². The third kappa shape index (κ3) is 4.17. The normalized spacial score (nSPS) is 11.5. The molecule has 6 heteroatoms. The number of amides is 1. The highest BCUT2D eigenvalue weighted by Gasteiger charge is 2.15. The monoisotopic (exact) mass is 266 g/mol. The molecule has 6 nitrogen and oxygen atoms in total. The minimum atomic E-state index is -0.910. The highest BCUT2D eigenvalue weighted by molar-refractivity contribution is 5.91. The molecule has 19 heavy (non-hydrogen) atoms. The number of carbonyl (C=O) groups is 2. The summed E-state index contributed by atoms with van der Waals surface area (Å²) in [5.74, 6) is -0.635. The summed E-state index contributed by atoms with van der Waals surface area (Å²) >= 11 is 0. The molecule has 0 aliphatic heterocycles. The Kier molecular flexibility index (Phi) is 5.17. The lowest BCUT2D eigenvalue weighted by molar-refractivity contribution is -0.138. The maximum atomic E-state index is 11.0. The summed E-state index contributed by atoms with van der Waals surface area (Å²) in [5.41, 5.74) is 1.17. The average molecular weight is 266 g/mol. The van der Waals surface area contributed by atoms with E-state index < -0.39 is 12.0 Å². The van der Waals surface area contributed by atoms with Gasteiger partial charge in [-0.2, -0.15) is 0 Å². The molecule has 0 spiro atoms. The first-order valence-corrected chi connectivity index (χ1v) is 5.92. The Morgan fingerprint density at radius 1 is 1.42 bits per heavy atom. The highest BCUT2D eigenvalue weighted by atomic mass is 16.5. The van der Waals surface area contributed by atoms with Crippen LogP contribution in [-0.2, 0) is 9.59 Å². The van der Waals surface area contributed by atoms with Gasteiger partial charge in [0.25, 0.3) is 0 Å². The van der Waals surface area contributed by atoms with Gasteiger partial charge in [-0.05, 0) is 18.6 Å². The van der Waals surface area contributed by atoms with Crippen LogP contribution in [0, 0.1) is 0 Å². The van der Waals surface area contributed by atoms with E-state index in [1.54, 1.807) is 25.1 Å². The highest BCUT2D eigenvalue weighted by Crippen LogP contribution is 2.28. The first-order chi connectivity index (χ1) is 8.97. The van der Waals surface area contributed by atoms with Crippen LogP contribution >= 0.6 is 0 Å². The molecule has 1 atom stereocenters. The maximum absolute atomic E-state index is 11.0. The zero-order valence-electron chi connectivity index (χ0n) is 11.2. The van der Waals surface area contributed by atoms with Crippen LogP contribution in [0.4, 0.5) is 11.4 Å². The molecule has 0 radical (unpaired) electrons. The number of rotatable bonds is 6. The van der Waals surface area contributed by atoms with Gasteiger partial charge in [-0.15, -0.1) is 0 Å². The molecule has 0 aliphatic carbocycles. The number of methoxy groups -OCH3 is 1. The molecule has 0 aromatic heterocycles. The minimum absolute atomic E-state index is 0.198. The van der Waals surface area contributed by atoms with Crippen molar-refractivity contribution in [1.29, 1.82) is 0 Å². The van der Waals surface area contributed by atoms with Crippen molar-refractivity contribution in [3.8, 4) is 5.75 Å². The summed E-state index contributed by atoms with van der Waals surface area (Å²) in [6.45, 7) is 3.19. The lowest BCUT2D eigenvalue weighted by Crippen LogP contribution is -2.28. The molecule has 0 bridgehead atoms. The number of ether oxygens (including phenoxy) is 1. The molecule has 1 aromatic rings. The van der Waals surface area contributed by atoms with E-state index in [0.29, 0.717) is 23.5 Å². The number of anilines is 2. The Balaban J connectivity index is 2.93. The van der Waals surface area contributed by atoms with E-state index in [1.165, 1.54) is 14.0 Å². The van der Waals surface area contributed by atoms with Gasteiger partial charge in [-0.3, -0.25) is 4.79 Å². The first kappa shape index (κ1) is 14.8. The van der Waals surface area contributed by atoms with Gasteiger partial charge in [0.15, 0.2) is 0 Å². The molecular formula is C13H18N2O4. The van der Waals surface area contributed by atoms with Crippen LogP contribution in [0.2, 0.25) is 0 Å². The predicted molar refractivity (Wildman–Crippen MR) is 72.6 cm³/mol. The van der Waals surface area contributed by atoms with Gasteiger partial charge < -0.3 is 20.5 Å². The molecule has 0 heterocycles. The van der Waals surface area contributed by atoms with Gasteiger partial charge in [0, 0.05) is 18.7 Å². The fraction of sp³-hybridized carbons (Fsp3) is 0.385. The third-order valence-electron chi connectivity index (χ3n) is 2.56. The van der Waals surface area contributed by atoms with Gasteiger partial charge in [0.2, 0.25) is 5.91 Å². The van der Waals surface area contributed by atoms with Crippen LogP contribution < -0.4 is 15.4 Å². The van der Waals surface area contributed by atoms with Gasteiger partial charge >= 0.3 is 5.97 Å². The van der Waals surface area contributed by atoms with Crippen LogP contribution in [0.1, 0.15) is 20.3 Å². The largest absolute Gasteiger partial charge is 0.494 e. The number of carboxylic acids is 1. The molecule has 0 fully saturated rings. The molecule has 1 aromatic carbocycles. The second-order valence-electron chi connectivity index (χ2n) is 4.04. The van der Waals surface area contributed by atoms with Crippen LogP contribution in [0.5, 0.6) is 5.75 Å². The lowest BCUT2D eigenvalue weighted by atomic mass is 10.2. The van der Waals surface area contributed by atoms with E-state index >= 15 is 0 Å². The average Bonchev–Trinajstić information content (AvgIpc) is 2.36. The van der Waals surface area contributed by atoms with Crippen LogP contribution in [-0.4, -0.2) is 30.1 Å². The second-order valence-corrected chi connectivity index (χ2v) is 4.04. The predicted octanol–water partition coefficient (Wildman–Crippen LogP) is 1.93. The fourth-order valence-electron chi connectivity index (χ4n) is 1.61. The van der Waals surface area contributed by atoms with Crippen molar-refractivity contribution in [3.05, 3.63) is 18.2 Å². The summed E-state index contributed by atoms with van der Waals surface area (Å²) in [4.78, 5) is 22.0. The number of benzene rings is 1. The van der Waals surface area contributed by atoms with Crippen molar-refractivity contribution in [2.24, 2.45) is 0 Å². The lowest BCUT2D eigenvalue weighted by Gasteiger charge is -2.16. The topological polar surface area (TPSA) is 87.7 Å². The van der Waals surface area contributed by atoms with Gasteiger partial charge in [0.1, 0.15) is 11.8 Å². The molecule has 104 valence electrons. The molecule has 1 unspecified atom stereocenters. The number of nitrogens with one attached hydrogen (secondary N) is 2. The van der Waals surface area contributed by atoms with Crippen LogP contribution in [0.15, 0.2) is 18.2 Å². The fourth-order valence-corrected chi connectivity index (χ4v) is 1.61. The molecular weight excluding hydrogens is 248 g/mol. The van der Waals surface area contributed by atoms with Crippen molar-refractivity contribution in [2.45, 2.75) is 26.3 Å². The van der Waals surface area contributed by atoms with E-state index in [9.17, 15) is 9.59 Å². The number of carboxylic acid groups (broad SMARTS) is 1. The molecule has 1 amide bonds. The van der Waals surface area contributed by atoms with E-state index in [1.807, 2.05) is 0 Å². The Morgan fingerprint density at radius 3 is 2.58 bits per heavy atom. The zero-order chi connectivity index (χ0) is 14.4. The van der Waals surface area contributed by atoms with E-state index in [4.69, 9.17) is 9.84 Å². The maximum Gasteiger partial charge on any atom is 0.326 e. The Hall–Kier alpha value is -2.24. The van der Waals surface area contributed by atoms with Crippen molar-refractivity contribution in [3.63, 3.8) is 0 Å². The molecule has 3 N–H and O–H groups in total. The van der Waals surface area contributed by atoms with Crippen LogP contribution in [0.3, 0.4) is 0 Å². The van der Waals surface area contributed by atoms with E-state index in [-0.39, 0.29) is 5.91 Å². The third-order valence-corrected chi connectivity index (χ3v) is 2.56. The van der Waals surface area contributed by atoms with Crippen molar-refractivity contribution in [2.75, 3.05) is 17.7 Å². The van der Waals surface area contributed by atoms with E-state index in [0.717, 1.165) is 0 Å². The quantitative estimate of drug-likeness (QED) is 0.732. The summed E-state index contributed by atoms with van der Waals surface area (Å²) in [5, 5.41) is 14.5. The Bertz CT molecular complexity index is 474. The SMILES string of the molecule is CCC(Nc1ccc(NC(C)=O)c(OC)c1)C(=O)O. The second kappa shape index (κ2) is 6.63. The molecule has 0 saturated carbocycles. The van der Waals surface area contributed by atoms with Crippen molar-refractivity contribution in [1.82, 2.24) is 0 Å². The zero-order valence-corrected chi connectivity index (χ0v) is 11.2. The van der Waals surface area contributed by atoms with Crippen LogP contribution in [0.25, 0.3) is 0 Å². The summed E-state index contributed by atoms with van der Waals surface area (Å²) in [6.07, 6.45) is 0.463. The number of carbonyl (C=O) groups excluding carboxylic acids is 1. The van der Waals surface area contributed by atoms with Gasteiger partial charge in [-0.25, -0.2) is 4.79 Å². The number of hydrogen-bond acceptors (Lipinski definition) is 4. The number of aliphatic carboxylic acids is 1. The molecule has 1 rings (SSSR count). The van der Waals surface area contributed by atoms with Gasteiger partial charge in [-0.1, -0.05) is 6.92 Å². The standard InChI is InChI=1S/C13H18N2O4/c1-4-10(13(17)18)15-9-5-6-11(14-8(2)16)12(7-9)19-3/h5-7,10,15H,4H2,1-3H3,(H,14,16)(H,17,18). The van der Waals surface area contributed by atoms with Crippen molar-refractivity contribution < 1.29 is 19.4 Å². The first-order valence-electron chi connectivity index (χ1n) is 5.92. The minimum Gasteiger partial charge on any atom is -0.494 e. The smallest absolute Gasteiger partial charge is 0.326 e. The van der Waals surface area contributed by atoms with E-state index in [2.05, 4.69) is 10.6 Å². The molecule has 0 aliphatic rings. The summed E-state index contributed by atoms with van der Waals surface area (Å²) in [6, 6.07) is 4.35. The summed E-state index contributed by atoms with van der Waals surface area (Å²) in [7, 11) is 1.49. The Morgan fingerprint density at radius 2 is 2.11 bits per heavy atom. The number of hydrogen-bond donors (Lipinski definition) is 3. The Labute approximate surface area is 111 Å². The van der Waals surface area contributed by atoms with Crippen molar-refractivity contribution >= 4 is 23.3 Å².